The molecule has 1 unspecified atom stereocenters. The van der Waals surface area contributed by atoms with E-state index in [2.05, 4.69) is 10.6 Å². The highest BCUT2D eigenvalue weighted by atomic mass is 32.2. The predicted molar refractivity (Wildman–Crippen MR) is 111 cm³/mol. The number of rotatable bonds is 5. The molecule has 28 heavy (non-hydrogen) atoms. The van der Waals surface area contributed by atoms with Crippen LogP contribution < -0.4 is 10.6 Å². The zero-order chi connectivity index (χ0) is 20.3. The Kier molecular flexibility index (Phi) is 6.10. The highest BCUT2D eigenvalue weighted by molar-refractivity contribution is 8.00. The number of nitrogens with one attached hydrogen (secondary N) is 2. The molecule has 1 atom stereocenters. The van der Waals surface area contributed by atoms with E-state index < -0.39 is 9.84 Å². The van der Waals surface area contributed by atoms with E-state index in [-0.39, 0.29) is 34.1 Å². The molecule has 0 saturated heterocycles. The van der Waals surface area contributed by atoms with E-state index >= 15 is 0 Å². The SMILES string of the molecule is Cc1cccc(NC(=O)CCS(=O)(=O)c2ccc3c(c2)NC(=O)CC(C)S3)c1. The Morgan fingerprint density at radius 3 is 2.79 bits per heavy atom. The van der Waals surface area contributed by atoms with Gasteiger partial charge in [0.2, 0.25) is 11.8 Å². The van der Waals surface area contributed by atoms with Crippen LogP contribution in [-0.2, 0) is 19.4 Å². The van der Waals surface area contributed by atoms with E-state index in [4.69, 9.17) is 0 Å². The highest BCUT2D eigenvalue weighted by Gasteiger charge is 2.22. The zero-order valence-electron chi connectivity index (χ0n) is 15.7. The third kappa shape index (κ3) is 5.14. The molecule has 1 aliphatic heterocycles. The lowest BCUT2D eigenvalue weighted by Crippen LogP contribution is -2.18. The minimum atomic E-state index is -3.65. The van der Waals surface area contributed by atoms with Crippen molar-refractivity contribution in [1.29, 1.82) is 0 Å². The first-order chi connectivity index (χ1) is 13.2. The van der Waals surface area contributed by atoms with Gasteiger partial charge in [-0.3, -0.25) is 9.59 Å². The van der Waals surface area contributed by atoms with Gasteiger partial charge in [-0.2, -0.15) is 0 Å². The molecule has 0 fully saturated rings. The molecule has 0 radical (unpaired) electrons. The van der Waals surface area contributed by atoms with E-state index in [0.717, 1.165) is 10.5 Å². The number of carbonyl (C=O) groups is 2. The third-order valence-corrected chi connectivity index (χ3v) is 7.18. The van der Waals surface area contributed by atoms with Crippen LogP contribution in [0.15, 0.2) is 52.3 Å². The van der Waals surface area contributed by atoms with Crippen LogP contribution in [0, 0.1) is 6.92 Å². The lowest BCUT2D eigenvalue weighted by Gasteiger charge is -2.11. The van der Waals surface area contributed by atoms with Crippen LogP contribution >= 0.6 is 11.8 Å². The van der Waals surface area contributed by atoms with Crippen molar-refractivity contribution in [2.75, 3.05) is 16.4 Å². The number of aryl methyl sites for hydroxylation is 1. The van der Waals surface area contributed by atoms with Gasteiger partial charge in [0.1, 0.15) is 0 Å². The summed E-state index contributed by atoms with van der Waals surface area (Å²) in [6, 6.07) is 12.0. The summed E-state index contributed by atoms with van der Waals surface area (Å²) in [5.41, 5.74) is 2.15. The van der Waals surface area contributed by atoms with Crippen molar-refractivity contribution in [3.8, 4) is 0 Å². The molecule has 0 bridgehead atoms. The van der Waals surface area contributed by atoms with Crippen LogP contribution in [0.25, 0.3) is 0 Å². The van der Waals surface area contributed by atoms with Gasteiger partial charge in [-0.25, -0.2) is 8.42 Å². The molecule has 1 aliphatic rings. The molecule has 2 N–H and O–H groups in total. The molecular weight excluding hydrogens is 396 g/mol. The fourth-order valence-corrected chi connectivity index (χ4v) is 5.23. The minimum Gasteiger partial charge on any atom is -0.326 e. The van der Waals surface area contributed by atoms with Crippen LogP contribution in [0.4, 0.5) is 11.4 Å². The molecule has 2 aromatic carbocycles. The van der Waals surface area contributed by atoms with Crippen LogP contribution in [0.1, 0.15) is 25.3 Å². The number of sulfone groups is 1. The van der Waals surface area contributed by atoms with E-state index in [0.29, 0.717) is 17.8 Å². The standard InChI is InChI=1S/C20H22N2O4S2/c1-13-4-3-5-15(10-13)21-19(23)8-9-28(25,26)16-6-7-18-17(12-16)22-20(24)11-14(2)27-18/h3-7,10,12,14H,8-9,11H2,1-2H3,(H,21,23)(H,22,24). The van der Waals surface area contributed by atoms with Gasteiger partial charge in [-0.15, -0.1) is 11.8 Å². The molecule has 0 spiro atoms. The molecule has 3 rings (SSSR count). The molecular formula is C20H22N2O4S2. The zero-order valence-corrected chi connectivity index (χ0v) is 17.3. The Morgan fingerprint density at radius 2 is 2.04 bits per heavy atom. The quantitative estimate of drug-likeness (QED) is 0.774. The molecule has 0 aromatic heterocycles. The average Bonchev–Trinajstić information content (AvgIpc) is 2.75. The van der Waals surface area contributed by atoms with Crippen LogP contribution in [0.5, 0.6) is 0 Å². The van der Waals surface area contributed by atoms with Gasteiger partial charge in [-0.1, -0.05) is 19.1 Å². The van der Waals surface area contributed by atoms with Gasteiger partial charge < -0.3 is 10.6 Å². The first kappa shape index (κ1) is 20.4. The van der Waals surface area contributed by atoms with Gasteiger partial charge in [0.25, 0.3) is 0 Å². The summed E-state index contributed by atoms with van der Waals surface area (Å²) >= 11 is 1.53. The molecule has 1 heterocycles. The summed E-state index contributed by atoms with van der Waals surface area (Å²) in [5.74, 6) is -0.798. The Labute approximate surface area is 169 Å². The minimum absolute atomic E-state index is 0.102. The topological polar surface area (TPSA) is 92.3 Å². The first-order valence-electron chi connectivity index (χ1n) is 8.93. The van der Waals surface area contributed by atoms with Crippen molar-refractivity contribution in [2.24, 2.45) is 0 Å². The smallest absolute Gasteiger partial charge is 0.225 e. The molecule has 8 heteroatoms. The van der Waals surface area contributed by atoms with Crippen molar-refractivity contribution in [1.82, 2.24) is 0 Å². The molecule has 2 aromatic rings. The number of benzene rings is 2. The second-order valence-electron chi connectivity index (χ2n) is 6.83. The Morgan fingerprint density at radius 1 is 1.25 bits per heavy atom. The fraction of sp³-hybridized carbons (Fsp3) is 0.300. The first-order valence-corrected chi connectivity index (χ1v) is 11.5. The van der Waals surface area contributed by atoms with Crippen molar-refractivity contribution in [2.45, 2.75) is 41.7 Å². The predicted octanol–water partition coefficient (Wildman–Crippen LogP) is 3.62. The van der Waals surface area contributed by atoms with Gasteiger partial charge >= 0.3 is 0 Å². The summed E-state index contributed by atoms with van der Waals surface area (Å²) < 4.78 is 25.3. The molecule has 2 amide bonds. The lowest BCUT2D eigenvalue weighted by atomic mass is 10.2. The Balaban J connectivity index is 1.69. The van der Waals surface area contributed by atoms with Crippen molar-refractivity contribution in [3.05, 3.63) is 48.0 Å². The number of hydrogen-bond acceptors (Lipinski definition) is 5. The monoisotopic (exact) mass is 418 g/mol. The van der Waals surface area contributed by atoms with E-state index in [9.17, 15) is 18.0 Å². The molecule has 6 nitrogen and oxygen atoms in total. The summed E-state index contributed by atoms with van der Waals surface area (Å²) in [6.45, 7) is 3.87. The molecule has 148 valence electrons. The number of fused-ring (bicyclic) bond motifs is 1. The van der Waals surface area contributed by atoms with E-state index in [1.54, 1.807) is 12.1 Å². The van der Waals surface area contributed by atoms with Gasteiger partial charge in [0.05, 0.1) is 16.3 Å². The largest absolute Gasteiger partial charge is 0.326 e. The lowest BCUT2D eigenvalue weighted by molar-refractivity contribution is -0.116. The van der Waals surface area contributed by atoms with Gasteiger partial charge in [0.15, 0.2) is 9.84 Å². The van der Waals surface area contributed by atoms with Gasteiger partial charge in [0, 0.05) is 28.7 Å². The fourth-order valence-electron chi connectivity index (χ4n) is 2.91. The molecule has 0 saturated carbocycles. The summed E-state index contributed by atoms with van der Waals surface area (Å²) in [7, 11) is -3.65. The van der Waals surface area contributed by atoms with Crippen molar-refractivity contribution in [3.63, 3.8) is 0 Å². The highest BCUT2D eigenvalue weighted by Crippen LogP contribution is 2.36. The van der Waals surface area contributed by atoms with Crippen LogP contribution in [0.3, 0.4) is 0 Å². The second-order valence-corrected chi connectivity index (χ2v) is 10.4. The van der Waals surface area contributed by atoms with Crippen LogP contribution in [0.2, 0.25) is 0 Å². The number of thioether (sulfide) groups is 1. The number of hydrogen-bond donors (Lipinski definition) is 2. The summed E-state index contributed by atoms with van der Waals surface area (Å²) in [6.07, 6.45) is 0.228. The maximum absolute atomic E-state index is 12.7. The molecule has 0 aliphatic carbocycles. The Bertz CT molecular complexity index is 1020. The van der Waals surface area contributed by atoms with Crippen LogP contribution in [-0.4, -0.2) is 31.2 Å². The number of amides is 2. The summed E-state index contributed by atoms with van der Waals surface area (Å²) in [5, 5.41) is 5.60. The maximum Gasteiger partial charge on any atom is 0.225 e. The average molecular weight is 419 g/mol. The van der Waals surface area contributed by atoms with Crippen molar-refractivity contribution >= 4 is 44.8 Å². The van der Waals surface area contributed by atoms with E-state index in [1.807, 2.05) is 32.0 Å². The number of anilines is 2. The number of carbonyl (C=O) groups excluding carboxylic acids is 2. The Hall–Kier alpha value is -2.32. The van der Waals surface area contributed by atoms with E-state index in [1.165, 1.54) is 23.9 Å². The third-order valence-electron chi connectivity index (χ3n) is 4.28. The van der Waals surface area contributed by atoms with Gasteiger partial charge in [-0.05, 0) is 42.8 Å². The maximum atomic E-state index is 12.7. The normalized spacial score (nSPS) is 16.6. The second kappa shape index (κ2) is 8.36. The van der Waals surface area contributed by atoms with Crippen molar-refractivity contribution < 1.29 is 18.0 Å². The summed E-state index contributed by atoms with van der Waals surface area (Å²) in [4.78, 5) is 25.0.